The van der Waals surface area contributed by atoms with E-state index in [9.17, 15) is 0 Å². The lowest BCUT2D eigenvalue weighted by Crippen LogP contribution is -2.91. The molecule has 0 spiro atoms. The Hall–Kier alpha value is -0.830. The van der Waals surface area contributed by atoms with Crippen LogP contribution in [0.4, 0.5) is 0 Å². The number of aliphatic imine (C=N–C) groups is 1. The van der Waals surface area contributed by atoms with Gasteiger partial charge in [0.05, 0.1) is 11.9 Å². The van der Waals surface area contributed by atoms with Gasteiger partial charge in [0.1, 0.15) is 0 Å². The molecule has 38 valence electrons. The highest BCUT2D eigenvalue weighted by Crippen LogP contribution is 1.87. The van der Waals surface area contributed by atoms with Crippen molar-refractivity contribution in [2.45, 2.75) is 6.92 Å². The van der Waals surface area contributed by atoms with Gasteiger partial charge in [-0.3, -0.25) is 0 Å². The first-order valence-electron chi connectivity index (χ1n) is 2.18. The van der Waals surface area contributed by atoms with Gasteiger partial charge in [-0.05, 0) is 6.92 Å². The maximum absolute atomic E-state index is 3.95. The monoisotopic (exact) mass is 98.1 g/mol. The van der Waals surface area contributed by atoms with Crippen LogP contribution in [0.15, 0.2) is 16.9 Å². The van der Waals surface area contributed by atoms with Gasteiger partial charge in [0.2, 0.25) is 6.34 Å². The summed E-state index contributed by atoms with van der Waals surface area (Å²) < 4.78 is 0. The van der Waals surface area contributed by atoms with Crippen LogP contribution in [-0.2, 0) is 0 Å². The Morgan fingerprint density at radius 3 is 3.00 bits per heavy atom. The van der Waals surface area contributed by atoms with E-state index in [4.69, 9.17) is 0 Å². The van der Waals surface area contributed by atoms with Gasteiger partial charge in [-0.1, -0.05) is 0 Å². The SMILES string of the molecule is CC1=CN[NH2+]C=N1. The fourth-order valence-corrected chi connectivity index (χ4v) is 0.404. The van der Waals surface area contributed by atoms with Gasteiger partial charge in [0.15, 0.2) is 0 Å². The van der Waals surface area contributed by atoms with Crippen molar-refractivity contribution in [2.24, 2.45) is 4.99 Å². The van der Waals surface area contributed by atoms with Crippen LogP contribution in [-0.4, -0.2) is 6.34 Å². The third-order valence-electron chi connectivity index (χ3n) is 0.741. The van der Waals surface area contributed by atoms with Crippen LogP contribution in [0.3, 0.4) is 0 Å². The van der Waals surface area contributed by atoms with Crippen molar-refractivity contribution in [3.05, 3.63) is 11.9 Å². The molecule has 3 nitrogen and oxygen atoms in total. The minimum absolute atomic E-state index is 1.02. The van der Waals surface area contributed by atoms with Crippen LogP contribution < -0.4 is 10.9 Å². The molecule has 0 amide bonds. The van der Waals surface area contributed by atoms with Crippen molar-refractivity contribution in [3.8, 4) is 0 Å². The standard InChI is InChI=1S/C4H7N3/c1-4-2-6-7-3-5-4/h2-3,6H,1H3,(H,5,7)/p+1. The van der Waals surface area contributed by atoms with Crippen molar-refractivity contribution >= 4 is 6.34 Å². The number of nitrogens with one attached hydrogen (secondary N) is 1. The molecule has 3 heteroatoms. The topological polar surface area (TPSA) is 41.0 Å². The molecule has 0 aliphatic carbocycles. The second kappa shape index (κ2) is 1.75. The van der Waals surface area contributed by atoms with Gasteiger partial charge < -0.3 is 0 Å². The molecule has 0 fully saturated rings. The average Bonchev–Trinajstić information content (AvgIpc) is 1.69. The van der Waals surface area contributed by atoms with Crippen molar-refractivity contribution < 1.29 is 5.43 Å². The molecule has 1 aliphatic heterocycles. The van der Waals surface area contributed by atoms with Gasteiger partial charge in [-0.25, -0.2) is 15.8 Å². The first kappa shape index (κ1) is 4.33. The van der Waals surface area contributed by atoms with Crippen molar-refractivity contribution in [2.75, 3.05) is 0 Å². The zero-order chi connectivity index (χ0) is 5.11. The van der Waals surface area contributed by atoms with Gasteiger partial charge in [-0.2, -0.15) is 0 Å². The van der Waals surface area contributed by atoms with Gasteiger partial charge >= 0.3 is 0 Å². The number of allylic oxidation sites excluding steroid dienone is 1. The van der Waals surface area contributed by atoms with Crippen molar-refractivity contribution in [1.29, 1.82) is 0 Å². The number of nitrogens with zero attached hydrogens (tertiary/aromatic N) is 1. The maximum atomic E-state index is 3.95. The first-order chi connectivity index (χ1) is 3.39. The van der Waals surface area contributed by atoms with Crippen LogP contribution in [0.1, 0.15) is 6.92 Å². The molecule has 0 radical (unpaired) electrons. The summed E-state index contributed by atoms with van der Waals surface area (Å²) in [6.07, 6.45) is 3.58. The van der Waals surface area contributed by atoms with E-state index in [1.54, 1.807) is 11.8 Å². The number of nitrogens with two attached hydrogens (primary N) is 1. The molecule has 0 bridgehead atoms. The predicted molar refractivity (Wildman–Crippen MR) is 27.3 cm³/mol. The molecular weight excluding hydrogens is 90.1 g/mol. The normalized spacial score (nSPS) is 18.1. The second-order valence-corrected chi connectivity index (χ2v) is 1.40. The van der Waals surface area contributed by atoms with Crippen molar-refractivity contribution in [1.82, 2.24) is 5.43 Å². The summed E-state index contributed by atoms with van der Waals surface area (Å²) in [4.78, 5) is 3.95. The van der Waals surface area contributed by atoms with E-state index in [1.807, 2.05) is 13.1 Å². The summed E-state index contributed by atoms with van der Waals surface area (Å²) in [5.74, 6) is 0. The predicted octanol–water partition coefficient (Wildman–Crippen LogP) is -1.04. The van der Waals surface area contributed by atoms with E-state index in [2.05, 4.69) is 10.4 Å². The third kappa shape index (κ3) is 1.01. The Morgan fingerprint density at radius 2 is 2.71 bits per heavy atom. The number of hydrogen-bond acceptors (Lipinski definition) is 2. The molecule has 1 aliphatic rings. The lowest BCUT2D eigenvalue weighted by Gasteiger charge is -1.97. The van der Waals surface area contributed by atoms with Crippen LogP contribution in [0.5, 0.6) is 0 Å². The molecule has 3 N–H and O–H groups in total. The maximum Gasteiger partial charge on any atom is 0.211 e. The minimum Gasteiger partial charge on any atom is -0.240 e. The van der Waals surface area contributed by atoms with Gasteiger partial charge in [0.25, 0.3) is 0 Å². The Bertz CT molecular complexity index is 114. The van der Waals surface area contributed by atoms with Crippen molar-refractivity contribution in [3.63, 3.8) is 0 Å². The molecule has 0 aromatic heterocycles. The molecule has 1 heterocycles. The number of hydrogen-bond donors (Lipinski definition) is 2. The minimum atomic E-state index is 1.02. The summed E-state index contributed by atoms with van der Waals surface area (Å²) >= 11 is 0. The lowest BCUT2D eigenvalue weighted by atomic mass is 10.5. The zero-order valence-electron chi connectivity index (χ0n) is 4.18. The van der Waals surface area contributed by atoms with Crippen LogP contribution >= 0.6 is 0 Å². The lowest BCUT2D eigenvalue weighted by molar-refractivity contribution is -0.585. The van der Waals surface area contributed by atoms with Crippen LogP contribution in [0, 0.1) is 0 Å². The quantitative estimate of drug-likeness (QED) is 0.373. The average molecular weight is 98.1 g/mol. The number of rotatable bonds is 0. The first-order valence-corrected chi connectivity index (χ1v) is 2.18. The van der Waals surface area contributed by atoms with Gasteiger partial charge in [-0.15, -0.1) is 0 Å². The molecular formula is C4H8N3+. The third-order valence-corrected chi connectivity index (χ3v) is 0.741. The smallest absolute Gasteiger partial charge is 0.211 e. The molecule has 0 aromatic carbocycles. The van der Waals surface area contributed by atoms with E-state index in [-0.39, 0.29) is 0 Å². The molecule has 0 saturated heterocycles. The largest absolute Gasteiger partial charge is 0.240 e. The fraction of sp³-hybridized carbons (Fsp3) is 0.250. The van der Waals surface area contributed by atoms with E-state index < -0.39 is 0 Å². The summed E-state index contributed by atoms with van der Waals surface area (Å²) in [5, 5.41) is 0. The van der Waals surface area contributed by atoms with Crippen LogP contribution in [0.25, 0.3) is 0 Å². The highest BCUT2D eigenvalue weighted by atomic mass is 15.4. The second-order valence-electron chi connectivity index (χ2n) is 1.40. The van der Waals surface area contributed by atoms with E-state index in [0.717, 1.165) is 5.70 Å². The Morgan fingerprint density at radius 1 is 1.86 bits per heavy atom. The Balaban J connectivity index is 2.58. The van der Waals surface area contributed by atoms with E-state index >= 15 is 0 Å². The number of quaternary nitrogens is 1. The molecule has 7 heavy (non-hydrogen) atoms. The molecule has 0 aromatic rings. The highest BCUT2D eigenvalue weighted by molar-refractivity contribution is 5.44. The highest BCUT2D eigenvalue weighted by Gasteiger charge is 1.87. The van der Waals surface area contributed by atoms with Gasteiger partial charge in [0, 0.05) is 0 Å². The van der Waals surface area contributed by atoms with E-state index in [0.29, 0.717) is 0 Å². The summed E-state index contributed by atoms with van der Waals surface area (Å²) in [5.41, 5.74) is 5.70. The molecule has 0 saturated carbocycles. The summed E-state index contributed by atoms with van der Waals surface area (Å²) in [6.45, 7) is 1.94. The van der Waals surface area contributed by atoms with E-state index in [1.165, 1.54) is 0 Å². The fourth-order valence-electron chi connectivity index (χ4n) is 0.404. The zero-order valence-corrected chi connectivity index (χ0v) is 4.18. The Labute approximate surface area is 42.1 Å². The summed E-state index contributed by atoms with van der Waals surface area (Å²) in [6, 6.07) is 0. The summed E-state index contributed by atoms with van der Waals surface area (Å²) in [7, 11) is 0. The molecule has 1 rings (SSSR count). The molecule has 0 atom stereocenters. The Kier molecular flexibility index (Phi) is 1.08. The van der Waals surface area contributed by atoms with Crippen LogP contribution in [0.2, 0.25) is 0 Å². The molecule has 0 unspecified atom stereocenters.